The van der Waals surface area contributed by atoms with Crippen LogP contribution in [0.2, 0.25) is 0 Å². The lowest BCUT2D eigenvalue weighted by molar-refractivity contribution is -0.184. The first-order chi connectivity index (χ1) is 9.82. The Morgan fingerprint density at radius 1 is 1.14 bits per heavy atom. The topological polar surface area (TPSA) is 12.0 Å². The second kappa shape index (κ2) is 6.34. The fourth-order valence-electron chi connectivity index (χ4n) is 3.26. The van der Waals surface area contributed by atoms with Gasteiger partial charge in [0.05, 0.1) is 5.92 Å². The molecule has 118 valence electrons. The minimum Gasteiger partial charge on any atom is -0.313 e. The Hall–Kier alpha value is -1.10. The lowest BCUT2D eigenvalue weighted by Gasteiger charge is -2.34. The first-order valence-electron chi connectivity index (χ1n) is 7.33. The number of hydrogen-bond acceptors (Lipinski definition) is 1. The van der Waals surface area contributed by atoms with Crippen molar-refractivity contribution in [1.82, 2.24) is 5.32 Å². The lowest BCUT2D eigenvalue weighted by atomic mass is 9.76. The molecule has 0 aromatic heterocycles. The van der Waals surface area contributed by atoms with Gasteiger partial charge in [0.1, 0.15) is 5.82 Å². The Morgan fingerprint density at radius 2 is 1.76 bits per heavy atom. The quantitative estimate of drug-likeness (QED) is 0.794. The summed E-state index contributed by atoms with van der Waals surface area (Å²) in [6.45, 7) is 1.70. The molecule has 1 aromatic rings. The van der Waals surface area contributed by atoms with Crippen molar-refractivity contribution in [1.29, 1.82) is 0 Å². The van der Waals surface area contributed by atoms with Crippen LogP contribution in [-0.4, -0.2) is 13.2 Å². The summed E-state index contributed by atoms with van der Waals surface area (Å²) in [6.07, 6.45) is -2.71. The third kappa shape index (κ3) is 3.76. The summed E-state index contributed by atoms with van der Waals surface area (Å²) in [6, 6.07) is 4.98. The molecular formula is C16H21F4N. The van der Waals surface area contributed by atoms with Crippen molar-refractivity contribution in [2.24, 2.45) is 11.8 Å². The first kappa shape index (κ1) is 16.3. The van der Waals surface area contributed by atoms with Gasteiger partial charge >= 0.3 is 6.18 Å². The Morgan fingerprint density at radius 3 is 2.24 bits per heavy atom. The average molecular weight is 303 g/mol. The molecule has 1 saturated carbocycles. The predicted octanol–water partition coefficient (Wildman–Crippen LogP) is 4.76. The van der Waals surface area contributed by atoms with E-state index >= 15 is 0 Å². The van der Waals surface area contributed by atoms with Crippen molar-refractivity contribution in [3.8, 4) is 0 Å². The van der Waals surface area contributed by atoms with Crippen LogP contribution in [0.5, 0.6) is 0 Å². The van der Waals surface area contributed by atoms with E-state index in [1.165, 1.54) is 6.07 Å². The molecule has 21 heavy (non-hydrogen) atoms. The van der Waals surface area contributed by atoms with Gasteiger partial charge in [0, 0.05) is 6.04 Å². The van der Waals surface area contributed by atoms with E-state index in [1.807, 2.05) is 6.07 Å². The fraction of sp³-hybridized carbons (Fsp3) is 0.625. The standard InChI is InChI=1S/C16H21F4N/c1-10-3-4-12(9-14(10)17)15(21-2)11-5-7-13(8-6-11)16(18,19)20/h3-4,9,11,13,15,21H,5-8H2,1-2H3. The van der Waals surface area contributed by atoms with Gasteiger partial charge in [-0.25, -0.2) is 4.39 Å². The van der Waals surface area contributed by atoms with Crippen LogP contribution in [0.1, 0.15) is 42.9 Å². The molecule has 1 atom stereocenters. The van der Waals surface area contributed by atoms with Crippen LogP contribution in [0.4, 0.5) is 17.6 Å². The van der Waals surface area contributed by atoms with Crippen LogP contribution in [0, 0.1) is 24.6 Å². The zero-order chi connectivity index (χ0) is 15.6. The van der Waals surface area contributed by atoms with Gasteiger partial charge in [-0.1, -0.05) is 12.1 Å². The molecule has 2 rings (SSSR count). The molecule has 1 aromatic carbocycles. The minimum atomic E-state index is -4.09. The van der Waals surface area contributed by atoms with Crippen LogP contribution in [0.15, 0.2) is 18.2 Å². The Labute approximate surface area is 122 Å². The SMILES string of the molecule is CNC(c1ccc(C)c(F)c1)C1CCC(C(F)(F)F)CC1. The van der Waals surface area contributed by atoms with Gasteiger partial charge in [0.25, 0.3) is 0 Å². The van der Waals surface area contributed by atoms with Crippen LogP contribution in [0.3, 0.4) is 0 Å². The molecule has 0 spiro atoms. The normalized spacial score (nSPS) is 24.9. The number of aryl methyl sites for hydroxylation is 1. The van der Waals surface area contributed by atoms with Crippen molar-refractivity contribution >= 4 is 0 Å². The highest BCUT2D eigenvalue weighted by atomic mass is 19.4. The van der Waals surface area contributed by atoms with Crippen molar-refractivity contribution in [3.63, 3.8) is 0 Å². The third-order valence-corrected chi connectivity index (χ3v) is 4.57. The van der Waals surface area contributed by atoms with E-state index in [4.69, 9.17) is 0 Å². The maximum absolute atomic E-state index is 13.7. The lowest BCUT2D eigenvalue weighted by Crippen LogP contribution is -2.33. The van der Waals surface area contributed by atoms with Gasteiger partial charge in [-0.15, -0.1) is 0 Å². The van der Waals surface area contributed by atoms with Gasteiger partial charge in [-0.3, -0.25) is 0 Å². The summed E-state index contributed by atoms with van der Waals surface area (Å²) in [5, 5.41) is 3.14. The van der Waals surface area contributed by atoms with E-state index in [1.54, 1.807) is 20.0 Å². The van der Waals surface area contributed by atoms with Crippen LogP contribution in [-0.2, 0) is 0 Å². The molecule has 1 N–H and O–H groups in total. The number of benzene rings is 1. The molecular weight excluding hydrogens is 282 g/mol. The maximum Gasteiger partial charge on any atom is 0.391 e. The summed E-state index contributed by atoms with van der Waals surface area (Å²) in [4.78, 5) is 0. The zero-order valence-electron chi connectivity index (χ0n) is 12.3. The molecule has 1 nitrogen and oxygen atoms in total. The van der Waals surface area contributed by atoms with Gasteiger partial charge in [0.2, 0.25) is 0 Å². The second-order valence-corrected chi connectivity index (χ2v) is 5.93. The number of hydrogen-bond donors (Lipinski definition) is 1. The summed E-state index contributed by atoms with van der Waals surface area (Å²) >= 11 is 0. The van der Waals surface area contributed by atoms with Crippen molar-refractivity contribution < 1.29 is 17.6 Å². The van der Waals surface area contributed by atoms with E-state index in [0.29, 0.717) is 18.4 Å². The highest BCUT2D eigenvalue weighted by molar-refractivity contribution is 5.26. The summed E-state index contributed by atoms with van der Waals surface area (Å²) in [7, 11) is 1.78. The van der Waals surface area contributed by atoms with Crippen molar-refractivity contribution in [2.45, 2.75) is 44.8 Å². The Bertz CT molecular complexity index is 476. The second-order valence-electron chi connectivity index (χ2n) is 5.93. The van der Waals surface area contributed by atoms with E-state index in [0.717, 1.165) is 5.56 Å². The van der Waals surface area contributed by atoms with Gasteiger partial charge in [-0.05, 0) is 62.8 Å². The summed E-state index contributed by atoms with van der Waals surface area (Å²) in [5.41, 5.74) is 1.39. The average Bonchev–Trinajstić information content (AvgIpc) is 2.43. The largest absolute Gasteiger partial charge is 0.391 e. The van der Waals surface area contributed by atoms with Gasteiger partial charge < -0.3 is 5.32 Å². The monoisotopic (exact) mass is 303 g/mol. The summed E-state index contributed by atoms with van der Waals surface area (Å²) in [5.74, 6) is -1.33. The molecule has 1 unspecified atom stereocenters. The number of nitrogens with one attached hydrogen (secondary N) is 1. The summed E-state index contributed by atoms with van der Waals surface area (Å²) < 4.78 is 51.8. The molecule has 1 aliphatic rings. The molecule has 5 heteroatoms. The Kier molecular flexibility index (Phi) is 4.91. The van der Waals surface area contributed by atoms with Crippen LogP contribution < -0.4 is 5.32 Å². The smallest absolute Gasteiger partial charge is 0.313 e. The van der Waals surface area contributed by atoms with E-state index in [2.05, 4.69) is 5.32 Å². The fourth-order valence-corrected chi connectivity index (χ4v) is 3.26. The van der Waals surface area contributed by atoms with Crippen LogP contribution in [0.25, 0.3) is 0 Å². The van der Waals surface area contributed by atoms with Crippen LogP contribution >= 0.6 is 0 Å². The molecule has 0 amide bonds. The van der Waals surface area contributed by atoms with E-state index < -0.39 is 12.1 Å². The number of halogens is 4. The predicted molar refractivity (Wildman–Crippen MR) is 74.4 cm³/mol. The number of alkyl halides is 3. The highest BCUT2D eigenvalue weighted by Crippen LogP contribution is 2.43. The van der Waals surface area contributed by atoms with Crippen molar-refractivity contribution in [2.75, 3.05) is 7.05 Å². The highest BCUT2D eigenvalue weighted by Gasteiger charge is 2.42. The van der Waals surface area contributed by atoms with E-state index in [9.17, 15) is 17.6 Å². The number of rotatable bonds is 3. The van der Waals surface area contributed by atoms with E-state index in [-0.39, 0.29) is 30.6 Å². The molecule has 1 aliphatic carbocycles. The van der Waals surface area contributed by atoms with Crippen molar-refractivity contribution in [3.05, 3.63) is 35.1 Å². The molecule has 0 saturated heterocycles. The first-order valence-corrected chi connectivity index (χ1v) is 7.33. The van der Waals surface area contributed by atoms with Gasteiger partial charge in [0.15, 0.2) is 0 Å². The minimum absolute atomic E-state index is 0.0886. The zero-order valence-corrected chi connectivity index (χ0v) is 12.3. The molecule has 0 aliphatic heterocycles. The molecule has 1 fully saturated rings. The molecule has 0 bridgehead atoms. The molecule has 0 heterocycles. The molecule has 0 radical (unpaired) electrons. The maximum atomic E-state index is 13.7. The third-order valence-electron chi connectivity index (χ3n) is 4.57. The van der Waals surface area contributed by atoms with Gasteiger partial charge in [-0.2, -0.15) is 13.2 Å². The Balaban J connectivity index is 2.07.